The lowest BCUT2D eigenvalue weighted by atomic mass is 10.1. The number of nitrogens with zero attached hydrogens (tertiary/aromatic N) is 1. The third-order valence-electron chi connectivity index (χ3n) is 3.28. The van der Waals surface area contributed by atoms with Crippen LogP contribution in [0.1, 0.15) is 18.6 Å². The van der Waals surface area contributed by atoms with Crippen LogP contribution in [0.5, 0.6) is 0 Å². The summed E-state index contributed by atoms with van der Waals surface area (Å²) < 4.78 is 10.5. The third-order valence-corrected chi connectivity index (χ3v) is 3.28. The van der Waals surface area contributed by atoms with Crippen LogP contribution in [0.3, 0.4) is 0 Å². The minimum Gasteiger partial charge on any atom is -0.479 e. The smallest absolute Gasteiger partial charge is 0.337 e. The van der Waals surface area contributed by atoms with Crippen molar-refractivity contribution in [1.29, 1.82) is 0 Å². The molecule has 1 heterocycles. The molecule has 1 N–H and O–H groups in total. The summed E-state index contributed by atoms with van der Waals surface area (Å²) in [6.07, 6.45) is -0.629. The fourth-order valence-electron chi connectivity index (χ4n) is 2.16. The maximum absolute atomic E-state index is 11.2. The van der Waals surface area contributed by atoms with Crippen molar-refractivity contribution >= 4 is 11.7 Å². The van der Waals surface area contributed by atoms with Crippen molar-refractivity contribution in [2.24, 2.45) is 0 Å². The quantitative estimate of drug-likeness (QED) is 0.848. The van der Waals surface area contributed by atoms with Gasteiger partial charge in [-0.15, -0.1) is 0 Å². The van der Waals surface area contributed by atoms with Gasteiger partial charge in [0.25, 0.3) is 0 Å². The van der Waals surface area contributed by atoms with Gasteiger partial charge in [-0.1, -0.05) is 12.1 Å². The van der Waals surface area contributed by atoms with Crippen LogP contribution in [-0.2, 0) is 14.3 Å². The summed E-state index contributed by atoms with van der Waals surface area (Å²) in [5, 5.41) is 9.18. The second-order valence-corrected chi connectivity index (χ2v) is 4.53. The van der Waals surface area contributed by atoms with Gasteiger partial charge in [0, 0.05) is 32.5 Å². The van der Waals surface area contributed by atoms with E-state index in [1.54, 1.807) is 20.1 Å². The van der Waals surface area contributed by atoms with E-state index in [-0.39, 0.29) is 6.10 Å². The van der Waals surface area contributed by atoms with E-state index in [2.05, 4.69) is 4.90 Å². The fraction of sp³-hybridized carbons (Fsp3) is 0.500. The number of hydrogen-bond donors (Lipinski definition) is 1. The Bertz CT molecular complexity index is 443. The summed E-state index contributed by atoms with van der Waals surface area (Å²) in [7, 11) is 1.70. The van der Waals surface area contributed by atoms with Gasteiger partial charge in [-0.3, -0.25) is 0 Å². The Morgan fingerprint density at radius 1 is 1.53 bits per heavy atom. The van der Waals surface area contributed by atoms with E-state index in [9.17, 15) is 9.90 Å². The number of rotatable bonds is 6. The van der Waals surface area contributed by atoms with Crippen LogP contribution in [0.15, 0.2) is 24.3 Å². The number of ether oxygens (including phenoxy) is 2. The van der Waals surface area contributed by atoms with Gasteiger partial charge in [-0.2, -0.15) is 0 Å². The molecule has 0 aliphatic carbocycles. The van der Waals surface area contributed by atoms with E-state index >= 15 is 0 Å². The Morgan fingerprint density at radius 3 is 2.84 bits per heavy atom. The Kier molecular flexibility index (Phi) is 4.39. The second kappa shape index (κ2) is 6.04. The normalized spacial score (nSPS) is 17.1. The second-order valence-electron chi connectivity index (χ2n) is 4.53. The summed E-state index contributed by atoms with van der Waals surface area (Å²) in [6, 6.07) is 7.49. The molecular formula is C14H19NO4. The molecular weight excluding hydrogens is 246 g/mol. The van der Waals surface area contributed by atoms with Crippen LogP contribution in [0, 0.1) is 0 Å². The van der Waals surface area contributed by atoms with Crippen molar-refractivity contribution in [3.63, 3.8) is 0 Å². The van der Waals surface area contributed by atoms with Gasteiger partial charge in [0.1, 0.15) is 0 Å². The van der Waals surface area contributed by atoms with E-state index in [0.29, 0.717) is 12.2 Å². The van der Waals surface area contributed by atoms with E-state index in [1.165, 1.54) is 0 Å². The zero-order chi connectivity index (χ0) is 13.8. The molecule has 104 valence electrons. The predicted octanol–water partition coefficient (Wildman–Crippen LogP) is 1.68. The van der Waals surface area contributed by atoms with Crippen LogP contribution in [-0.4, -0.2) is 44.0 Å². The summed E-state index contributed by atoms with van der Waals surface area (Å²) >= 11 is 0. The highest BCUT2D eigenvalue weighted by Crippen LogP contribution is 2.27. The minimum absolute atomic E-state index is 0.269. The number of benzene rings is 1. The Labute approximate surface area is 112 Å². The third kappa shape index (κ3) is 3.05. The Balaban J connectivity index is 2.12. The minimum atomic E-state index is -0.961. The number of hydrogen-bond acceptors (Lipinski definition) is 4. The first-order valence-corrected chi connectivity index (χ1v) is 6.37. The van der Waals surface area contributed by atoms with Gasteiger partial charge in [-0.25, -0.2) is 4.79 Å². The summed E-state index contributed by atoms with van der Waals surface area (Å²) in [5.41, 5.74) is 1.68. The van der Waals surface area contributed by atoms with Crippen LogP contribution in [0.2, 0.25) is 0 Å². The van der Waals surface area contributed by atoms with Crippen molar-refractivity contribution in [3.05, 3.63) is 29.8 Å². The molecule has 1 atom stereocenters. The molecule has 1 aliphatic heterocycles. The standard InChI is InChI=1S/C14H19NO4/c1-3-19-13(14(16)17)10-5-4-6-11(7-10)15-8-12(9-15)18-2/h4-7,12-13H,3,8-9H2,1-2H3,(H,16,17). The lowest BCUT2D eigenvalue weighted by molar-refractivity contribution is -0.150. The van der Waals surface area contributed by atoms with E-state index < -0.39 is 12.1 Å². The Hall–Kier alpha value is -1.59. The molecule has 1 aliphatic rings. The van der Waals surface area contributed by atoms with Gasteiger partial charge in [0.2, 0.25) is 0 Å². The Morgan fingerprint density at radius 2 is 2.26 bits per heavy atom. The molecule has 5 heteroatoms. The lowest BCUT2D eigenvalue weighted by Gasteiger charge is -2.40. The van der Waals surface area contributed by atoms with E-state index in [0.717, 1.165) is 18.8 Å². The van der Waals surface area contributed by atoms with Gasteiger partial charge in [-0.05, 0) is 24.6 Å². The molecule has 1 saturated heterocycles. The van der Waals surface area contributed by atoms with Crippen LogP contribution < -0.4 is 4.90 Å². The van der Waals surface area contributed by atoms with Crippen molar-refractivity contribution < 1.29 is 19.4 Å². The van der Waals surface area contributed by atoms with Gasteiger partial charge in [0.05, 0.1) is 6.10 Å². The summed E-state index contributed by atoms with van der Waals surface area (Å²) in [4.78, 5) is 13.3. The van der Waals surface area contributed by atoms with E-state index in [1.807, 2.05) is 18.2 Å². The van der Waals surface area contributed by atoms with Gasteiger partial charge in [0.15, 0.2) is 6.10 Å². The molecule has 0 aromatic heterocycles. The molecule has 1 fully saturated rings. The highest BCUT2D eigenvalue weighted by atomic mass is 16.5. The zero-order valence-electron chi connectivity index (χ0n) is 11.2. The molecule has 2 rings (SSSR count). The molecule has 5 nitrogen and oxygen atoms in total. The number of carboxylic acids is 1. The summed E-state index contributed by atoms with van der Waals surface area (Å²) in [6.45, 7) is 3.84. The van der Waals surface area contributed by atoms with Crippen LogP contribution >= 0.6 is 0 Å². The monoisotopic (exact) mass is 265 g/mol. The highest BCUT2D eigenvalue weighted by Gasteiger charge is 2.27. The fourth-order valence-corrected chi connectivity index (χ4v) is 2.16. The molecule has 0 spiro atoms. The number of aliphatic carboxylic acids is 1. The highest BCUT2D eigenvalue weighted by molar-refractivity contribution is 5.75. The van der Waals surface area contributed by atoms with Crippen LogP contribution in [0.4, 0.5) is 5.69 Å². The molecule has 0 amide bonds. The molecule has 0 bridgehead atoms. The first kappa shape index (κ1) is 13.8. The van der Waals surface area contributed by atoms with Crippen molar-refractivity contribution in [3.8, 4) is 0 Å². The van der Waals surface area contributed by atoms with Gasteiger partial charge < -0.3 is 19.5 Å². The van der Waals surface area contributed by atoms with E-state index in [4.69, 9.17) is 9.47 Å². The number of anilines is 1. The SMILES string of the molecule is CCOC(C(=O)O)c1cccc(N2CC(OC)C2)c1. The van der Waals surface area contributed by atoms with Crippen LogP contribution in [0.25, 0.3) is 0 Å². The largest absolute Gasteiger partial charge is 0.479 e. The molecule has 0 radical (unpaired) electrons. The first-order valence-electron chi connectivity index (χ1n) is 6.37. The maximum Gasteiger partial charge on any atom is 0.337 e. The molecule has 0 saturated carbocycles. The summed E-state index contributed by atoms with van der Waals surface area (Å²) in [5.74, 6) is -0.961. The molecule has 19 heavy (non-hydrogen) atoms. The topological polar surface area (TPSA) is 59.0 Å². The van der Waals surface area contributed by atoms with Crippen molar-refractivity contribution in [1.82, 2.24) is 0 Å². The zero-order valence-corrected chi connectivity index (χ0v) is 11.2. The average molecular weight is 265 g/mol. The van der Waals surface area contributed by atoms with Crippen molar-refractivity contribution in [2.75, 3.05) is 31.7 Å². The number of methoxy groups -OCH3 is 1. The number of carboxylic acid groups (broad SMARTS) is 1. The van der Waals surface area contributed by atoms with Crippen molar-refractivity contribution in [2.45, 2.75) is 19.1 Å². The number of carbonyl (C=O) groups is 1. The predicted molar refractivity (Wildman–Crippen MR) is 71.5 cm³/mol. The average Bonchev–Trinajstić information content (AvgIpc) is 2.34. The van der Waals surface area contributed by atoms with Gasteiger partial charge >= 0.3 is 5.97 Å². The maximum atomic E-state index is 11.2. The molecule has 1 unspecified atom stereocenters. The first-order chi connectivity index (χ1) is 9.15. The lowest BCUT2D eigenvalue weighted by Crippen LogP contribution is -2.51. The molecule has 1 aromatic carbocycles. The molecule has 1 aromatic rings.